The van der Waals surface area contributed by atoms with E-state index in [4.69, 9.17) is 11.6 Å². The Morgan fingerprint density at radius 2 is 2.00 bits per heavy atom. The molecule has 3 rings (SSSR count). The van der Waals surface area contributed by atoms with Gasteiger partial charge < -0.3 is 5.32 Å². The Morgan fingerprint density at radius 1 is 1.19 bits per heavy atom. The second-order valence-electron chi connectivity index (χ2n) is 4.95. The molecular weight excluding hydrogens is 417 g/mol. The highest BCUT2D eigenvalue weighted by molar-refractivity contribution is 9.10. The van der Waals surface area contributed by atoms with Crippen LogP contribution >= 0.6 is 43.5 Å². The number of hydrogen-bond acceptors (Lipinski definition) is 1. The van der Waals surface area contributed by atoms with Crippen molar-refractivity contribution in [3.8, 4) is 0 Å². The Balaban J connectivity index is 2.00. The Morgan fingerprint density at radius 3 is 2.76 bits per heavy atom. The Labute approximate surface area is 145 Å². The summed E-state index contributed by atoms with van der Waals surface area (Å²) in [5.74, 6) is -0.000275. The average molecular weight is 430 g/mol. The predicted octanol–water partition coefficient (Wildman–Crippen LogP) is 4.87. The number of alkyl halides is 1. The van der Waals surface area contributed by atoms with Crippen molar-refractivity contribution in [2.24, 2.45) is 0 Å². The van der Waals surface area contributed by atoms with Crippen LogP contribution in [0.5, 0.6) is 0 Å². The van der Waals surface area contributed by atoms with Crippen LogP contribution in [-0.4, -0.2) is 12.5 Å². The molecule has 2 aromatic carbocycles. The minimum atomic E-state index is -0.0434. The van der Waals surface area contributed by atoms with Crippen molar-refractivity contribution >= 4 is 49.4 Å². The maximum Gasteiger partial charge on any atom is 0.251 e. The van der Waals surface area contributed by atoms with E-state index in [1.54, 1.807) is 0 Å². The lowest BCUT2D eigenvalue weighted by molar-refractivity contribution is 0.0946. The maximum atomic E-state index is 11.9. The Hall–Kier alpha value is -0.840. The second kappa shape index (κ2) is 6.11. The lowest BCUT2D eigenvalue weighted by Gasteiger charge is -2.19. The molecule has 1 aliphatic rings. The summed E-state index contributed by atoms with van der Waals surface area (Å²) in [5.41, 5.74) is 3.87. The zero-order valence-electron chi connectivity index (χ0n) is 11.0. The van der Waals surface area contributed by atoms with Crippen molar-refractivity contribution in [2.45, 2.75) is 11.2 Å². The summed E-state index contributed by atoms with van der Waals surface area (Å²) in [6.45, 7) is 0.710. The van der Waals surface area contributed by atoms with Gasteiger partial charge in [0.15, 0.2) is 0 Å². The van der Waals surface area contributed by atoms with Crippen molar-refractivity contribution in [1.82, 2.24) is 5.32 Å². The van der Waals surface area contributed by atoms with Gasteiger partial charge in [0.25, 0.3) is 5.91 Å². The van der Waals surface area contributed by atoms with Crippen LogP contribution in [0, 0.1) is 0 Å². The van der Waals surface area contributed by atoms with Gasteiger partial charge >= 0.3 is 0 Å². The van der Waals surface area contributed by atoms with Gasteiger partial charge in [0, 0.05) is 21.6 Å². The van der Waals surface area contributed by atoms with Crippen LogP contribution in [0.1, 0.15) is 31.9 Å². The number of amides is 1. The van der Waals surface area contributed by atoms with Crippen LogP contribution in [0.15, 0.2) is 40.9 Å². The highest BCUT2D eigenvalue weighted by Crippen LogP contribution is 2.37. The van der Waals surface area contributed by atoms with E-state index >= 15 is 0 Å². The fourth-order valence-corrected chi connectivity index (χ4v) is 4.07. The molecule has 0 bridgehead atoms. The first-order valence-corrected chi connectivity index (χ1v) is 8.65. The Kier molecular flexibility index (Phi) is 4.38. The molecule has 1 unspecified atom stereocenters. The third kappa shape index (κ3) is 3.03. The van der Waals surface area contributed by atoms with Crippen LogP contribution in [0.3, 0.4) is 0 Å². The summed E-state index contributed by atoms with van der Waals surface area (Å²) < 4.78 is 0.945. The number of halogens is 3. The first-order valence-electron chi connectivity index (χ1n) is 6.56. The predicted molar refractivity (Wildman–Crippen MR) is 92.4 cm³/mol. The third-order valence-corrected chi connectivity index (χ3v) is 5.43. The molecular formula is C16H12Br2ClNO. The van der Waals surface area contributed by atoms with E-state index in [1.807, 2.05) is 30.3 Å². The molecule has 0 aliphatic carbocycles. The molecule has 0 saturated carbocycles. The lowest BCUT2D eigenvalue weighted by Crippen LogP contribution is -2.31. The standard InChI is InChI=1S/C16H12Br2ClNO/c17-11-3-4-12(14(19)8-11)15(18)10-2-1-9-5-6-20-16(21)13(9)7-10/h1-4,7-8,15H,5-6H2,(H,20,21). The van der Waals surface area contributed by atoms with Gasteiger partial charge in [-0.2, -0.15) is 0 Å². The summed E-state index contributed by atoms with van der Waals surface area (Å²) in [7, 11) is 0. The highest BCUT2D eigenvalue weighted by Gasteiger charge is 2.20. The van der Waals surface area contributed by atoms with E-state index in [1.165, 1.54) is 0 Å². The van der Waals surface area contributed by atoms with Crippen LogP contribution in [0.2, 0.25) is 5.02 Å². The lowest BCUT2D eigenvalue weighted by atomic mass is 9.95. The molecule has 1 N–H and O–H groups in total. The molecule has 21 heavy (non-hydrogen) atoms. The van der Waals surface area contributed by atoms with Crippen LogP contribution in [0.25, 0.3) is 0 Å². The number of benzene rings is 2. The zero-order valence-corrected chi connectivity index (χ0v) is 14.9. The smallest absolute Gasteiger partial charge is 0.251 e. The molecule has 0 spiro atoms. The molecule has 1 amide bonds. The quantitative estimate of drug-likeness (QED) is 0.678. The maximum absolute atomic E-state index is 11.9. The molecule has 0 saturated heterocycles. The van der Waals surface area contributed by atoms with E-state index in [0.29, 0.717) is 11.6 Å². The van der Waals surface area contributed by atoms with E-state index in [9.17, 15) is 4.79 Å². The van der Waals surface area contributed by atoms with Crippen LogP contribution in [-0.2, 0) is 6.42 Å². The third-order valence-electron chi connectivity index (χ3n) is 3.59. The normalized spacial score (nSPS) is 15.3. The SMILES string of the molecule is O=C1NCCc2ccc(C(Br)c3ccc(Br)cc3Cl)cc21. The monoisotopic (exact) mass is 427 g/mol. The van der Waals surface area contributed by atoms with Gasteiger partial charge in [-0.05, 0) is 41.3 Å². The molecule has 0 aromatic heterocycles. The summed E-state index contributed by atoms with van der Waals surface area (Å²) >= 11 is 13.4. The van der Waals surface area contributed by atoms with E-state index in [0.717, 1.165) is 33.1 Å². The fraction of sp³-hybridized carbons (Fsp3) is 0.188. The van der Waals surface area contributed by atoms with Crippen LogP contribution < -0.4 is 5.32 Å². The first-order chi connectivity index (χ1) is 10.1. The number of rotatable bonds is 2. The minimum Gasteiger partial charge on any atom is -0.352 e. The molecule has 0 radical (unpaired) electrons. The molecule has 5 heteroatoms. The molecule has 1 aliphatic heterocycles. The molecule has 1 heterocycles. The van der Waals surface area contributed by atoms with Crippen molar-refractivity contribution in [3.63, 3.8) is 0 Å². The number of nitrogens with one attached hydrogen (secondary N) is 1. The van der Waals surface area contributed by atoms with Gasteiger partial charge in [-0.1, -0.05) is 61.7 Å². The van der Waals surface area contributed by atoms with Gasteiger partial charge in [-0.25, -0.2) is 0 Å². The van der Waals surface area contributed by atoms with Gasteiger partial charge in [0.2, 0.25) is 0 Å². The van der Waals surface area contributed by atoms with Crippen LogP contribution in [0.4, 0.5) is 0 Å². The summed E-state index contributed by atoms with van der Waals surface area (Å²) in [6.07, 6.45) is 0.882. The minimum absolute atomic E-state index is 0.000275. The largest absolute Gasteiger partial charge is 0.352 e. The van der Waals surface area contributed by atoms with Crippen molar-refractivity contribution < 1.29 is 4.79 Å². The van der Waals surface area contributed by atoms with Gasteiger partial charge in [-0.15, -0.1) is 0 Å². The fourth-order valence-electron chi connectivity index (χ4n) is 2.47. The molecule has 108 valence electrons. The molecule has 2 aromatic rings. The average Bonchev–Trinajstić information content (AvgIpc) is 2.47. The van der Waals surface area contributed by atoms with Gasteiger partial charge in [0.1, 0.15) is 0 Å². The summed E-state index contributed by atoms with van der Waals surface area (Å²) in [6, 6.07) is 11.8. The molecule has 1 atom stereocenters. The zero-order chi connectivity index (χ0) is 15.0. The first kappa shape index (κ1) is 15.1. The van der Waals surface area contributed by atoms with E-state index in [2.05, 4.69) is 43.2 Å². The number of fused-ring (bicyclic) bond motifs is 1. The Bertz CT molecular complexity index is 717. The van der Waals surface area contributed by atoms with Crippen molar-refractivity contribution in [3.05, 3.63) is 68.1 Å². The molecule has 0 fully saturated rings. The van der Waals surface area contributed by atoms with Crippen molar-refractivity contribution in [2.75, 3.05) is 6.54 Å². The van der Waals surface area contributed by atoms with E-state index < -0.39 is 0 Å². The molecule has 2 nitrogen and oxygen atoms in total. The second-order valence-corrected chi connectivity index (χ2v) is 7.19. The number of carbonyl (C=O) groups excluding carboxylic acids is 1. The topological polar surface area (TPSA) is 29.1 Å². The summed E-state index contributed by atoms with van der Waals surface area (Å²) in [5, 5.41) is 3.56. The van der Waals surface area contributed by atoms with Gasteiger partial charge in [-0.3, -0.25) is 4.79 Å². The number of hydrogen-bond donors (Lipinski definition) is 1. The summed E-state index contributed by atoms with van der Waals surface area (Å²) in [4.78, 5) is 11.9. The highest BCUT2D eigenvalue weighted by atomic mass is 79.9. The van der Waals surface area contributed by atoms with Gasteiger partial charge in [0.05, 0.1) is 4.83 Å². The number of carbonyl (C=O) groups is 1. The van der Waals surface area contributed by atoms with E-state index in [-0.39, 0.29) is 10.7 Å². The van der Waals surface area contributed by atoms with Crippen molar-refractivity contribution in [1.29, 1.82) is 0 Å².